The van der Waals surface area contributed by atoms with Gasteiger partial charge >= 0.3 is 0 Å². The zero-order chi connectivity index (χ0) is 14.8. The van der Waals surface area contributed by atoms with Crippen LogP contribution >= 0.6 is 15.9 Å². The van der Waals surface area contributed by atoms with Crippen LogP contribution < -0.4 is 4.74 Å². The van der Waals surface area contributed by atoms with Crippen molar-refractivity contribution in [3.8, 4) is 5.75 Å². The zero-order valence-electron chi connectivity index (χ0n) is 12.5. The van der Waals surface area contributed by atoms with Crippen LogP contribution in [0.3, 0.4) is 0 Å². The third-order valence-electron chi connectivity index (χ3n) is 4.47. The van der Waals surface area contributed by atoms with Crippen molar-refractivity contribution in [2.24, 2.45) is 5.92 Å². The second-order valence-corrected chi connectivity index (χ2v) is 6.56. The first-order valence-corrected chi connectivity index (χ1v) is 8.49. The summed E-state index contributed by atoms with van der Waals surface area (Å²) in [6.45, 7) is 3.08. The van der Waals surface area contributed by atoms with Crippen molar-refractivity contribution in [2.75, 3.05) is 13.7 Å². The molecule has 1 fully saturated rings. The summed E-state index contributed by atoms with van der Waals surface area (Å²) in [5, 5.41) is 2.44. The molecule has 0 aromatic heterocycles. The van der Waals surface area contributed by atoms with Gasteiger partial charge in [0.05, 0.1) is 13.2 Å². The van der Waals surface area contributed by atoms with E-state index in [9.17, 15) is 0 Å². The summed E-state index contributed by atoms with van der Waals surface area (Å²) in [5.74, 6) is 1.47. The minimum Gasteiger partial charge on any atom is -0.496 e. The van der Waals surface area contributed by atoms with E-state index in [2.05, 4.69) is 59.3 Å². The average molecular weight is 349 g/mol. The van der Waals surface area contributed by atoms with Gasteiger partial charge in [0.25, 0.3) is 0 Å². The molecule has 3 unspecified atom stereocenters. The van der Waals surface area contributed by atoms with Gasteiger partial charge in [0.15, 0.2) is 0 Å². The monoisotopic (exact) mass is 348 g/mol. The molecule has 1 aliphatic rings. The van der Waals surface area contributed by atoms with Crippen molar-refractivity contribution in [2.45, 2.75) is 30.7 Å². The van der Waals surface area contributed by atoms with Crippen LogP contribution in [0.1, 0.15) is 30.2 Å². The van der Waals surface area contributed by atoms with Gasteiger partial charge in [-0.25, -0.2) is 0 Å². The van der Waals surface area contributed by atoms with Crippen LogP contribution in [-0.2, 0) is 4.74 Å². The molecule has 0 radical (unpaired) electrons. The highest BCUT2D eigenvalue weighted by atomic mass is 79.9. The van der Waals surface area contributed by atoms with Gasteiger partial charge in [-0.2, -0.15) is 0 Å². The fraction of sp³-hybridized carbons (Fsp3) is 0.444. The van der Waals surface area contributed by atoms with E-state index < -0.39 is 0 Å². The Bertz CT molecular complexity index is 626. The molecule has 2 aromatic carbocycles. The molecule has 2 aromatic rings. The lowest BCUT2D eigenvalue weighted by Crippen LogP contribution is -2.19. The van der Waals surface area contributed by atoms with Gasteiger partial charge in [0.1, 0.15) is 5.75 Å². The van der Waals surface area contributed by atoms with Gasteiger partial charge in [-0.1, -0.05) is 53.2 Å². The number of fused-ring (bicyclic) bond motifs is 1. The molecule has 0 bridgehead atoms. The Labute approximate surface area is 134 Å². The molecule has 1 heterocycles. The summed E-state index contributed by atoms with van der Waals surface area (Å²) in [6.07, 6.45) is 2.55. The van der Waals surface area contributed by atoms with Crippen LogP contribution in [0.4, 0.5) is 0 Å². The van der Waals surface area contributed by atoms with Crippen LogP contribution in [0.15, 0.2) is 36.4 Å². The number of ether oxygens (including phenoxy) is 2. The van der Waals surface area contributed by atoms with E-state index in [1.54, 1.807) is 7.11 Å². The third kappa shape index (κ3) is 2.69. The number of rotatable bonds is 4. The maximum absolute atomic E-state index is 5.86. The summed E-state index contributed by atoms with van der Waals surface area (Å²) in [6, 6.07) is 12.7. The molecule has 0 amide bonds. The molecule has 0 N–H and O–H groups in total. The highest BCUT2D eigenvalue weighted by Crippen LogP contribution is 2.44. The molecule has 3 heteroatoms. The molecule has 2 nitrogen and oxygen atoms in total. The van der Waals surface area contributed by atoms with Crippen LogP contribution in [0, 0.1) is 5.92 Å². The summed E-state index contributed by atoms with van der Waals surface area (Å²) in [5.41, 5.74) is 1.33. The van der Waals surface area contributed by atoms with E-state index in [1.807, 2.05) is 0 Å². The molecule has 21 heavy (non-hydrogen) atoms. The topological polar surface area (TPSA) is 18.5 Å². The van der Waals surface area contributed by atoms with Gasteiger partial charge in [-0.3, -0.25) is 0 Å². The molecule has 1 aliphatic heterocycles. The maximum atomic E-state index is 5.86. The predicted octanol–water partition coefficient (Wildman–Crippen LogP) is 5.10. The second-order valence-electron chi connectivity index (χ2n) is 5.57. The number of halogens is 1. The number of hydrogen-bond donors (Lipinski definition) is 0. The first-order valence-electron chi connectivity index (χ1n) is 7.57. The molecular formula is C18H21BrO2. The van der Waals surface area contributed by atoms with E-state index in [4.69, 9.17) is 9.47 Å². The Hall–Kier alpha value is -1.06. The van der Waals surface area contributed by atoms with Crippen molar-refractivity contribution >= 4 is 26.7 Å². The third-order valence-corrected chi connectivity index (χ3v) is 5.65. The van der Waals surface area contributed by atoms with Crippen molar-refractivity contribution in [3.05, 3.63) is 42.0 Å². The summed E-state index contributed by atoms with van der Waals surface area (Å²) >= 11 is 3.94. The Kier molecular flexibility index (Phi) is 4.51. The summed E-state index contributed by atoms with van der Waals surface area (Å²) in [4.78, 5) is 0.320. The standard InChI is InChI=1S/C18H21BrO2/c1-3-16-15(10-11-21-16)18(19)14-8-9-17(20-2)13-7-5-4-6-12(13)14/h4-9,15-16,18H,3,10-11H2,1-2H3. The number of benzene rings is 2. The SMILES string of the molecule is CCC1OCCC1C(Br)c1ccc(OC)c2ccccc12. The van der Waals surface area contributed by atoms with Crippen LogP contribution in [0.25, 0.3) is 10.8 Å². The Morgan fingerprint density at radius 2 is 2.00 bits per heavy atom. The largest absolute Gasteiger partial charge is 0.496 e. The van der Waals surface area contributed by atoms with Gasteiger partial charge in [-0.05, 0) is 29.9 Å². The van der Waals surface area contributed by atoms with Gasteiger partial charge in [-0.15, -0.1) is 0 Å². The van der Waals surface area contributed by atoms with Crippen molar-refractivity contribution in [1.29, 1.82) is 0 Å². The molecule has 3 rings (SSSR count). The minimum atomic E-state index is 0.320. The van der Waals surface area contributed by atoms with Gasteiger partial charge < -0.3 is 9.47 Å². The molecule has 3 atom stereocenters. The van der Waals surface area contributed by atoms with Crippen LogP contribution in [0.5, 0.6) is 5.75 Å². The van der Waals surface area contributed by atoms with E-state index in [0.717, 1.165) is 25.2 Å². The lowest BCUT2D eigenvalue weighted by atomic mass is 9.89. The second kappa shape index (κ2) is 6.37. The summed E-state index contributed by atoms with van der Waals surface area (Å²) in [7, 11) is 1.73. The number of methoxy groups -OCH3 is 1. The van der Waals surface area contributed by atoms with E-state index >= 15 is 0 Å². The Morgan fingerprint density at radius 3 is 2.71 bits per heavy atom. The smallest absolute Gasteiger partial charge is 0.126 e. The highest BCUT2D eigenvalue weighted by Gasteiger charge is 2.33. The number of alkyl halides is 1. The van der Waals surface area contributed by atoms with E-state index in [-0.39, 0.29) is 0 Å². The van der Waals surface area contributed by atoms with Crippen LogP contribution in [-0.4, -0.2) is 19.8 Å². The minimum absolute atomic E-state index is 0.320. The normalized spacial score (nSPS) is 23.4. The number of hydrogen-bond acceptors (Lipinski definition) is 2. The lowest BCUT2D eigenvalue weighted by molar-refractivity contribution is 0.0873. The predicted molar refractivity (Wildman–Crippen MR) is 90.3 cm³/mol. The molecule has 0 aliphatic carbocycles. The Morgan fingerprint density at radius 1 is 1.24 bits per heavy atom. The fourth-order valence-corrected chi connectivity index (χ4v) is 4.37. The van der Waals surface area contributed by atoms with Crippen LogP contribution in [0.2, 0.25) is 0 Å². The van der Waals surface area contributed by atoms with Crippen molar-refractivity contribution in [1.82, 2.24) is 0 Å². The molecule has 0 spiro atoms. The molecular weight excluding hydrogens is 328 g/mol. The van der Waals surface area contributed by atoms with Gasteiger partial charge in [0.2, 0.25) is 0 Å². The van der Waals surface area contributed by atoms with Crippen molar-refractivity contribution < 1.29 is 9.47 Å². The van der Waals surface area contributed by atoms with E-state index in [1.165, 1.54) is 16.3 Å². The summed E-state index contributed by atoms with van der Waals surface area (Å²) < 4.78 is 11.3. The zero-order valence-corrected chi connectivity index (χ0v) is 14.1. The van der Waals surface area contributed by atoms with Gasteiger partial charge in [0, 0.05) is 22.7 Å². The Balaban J connectivity index is 2.04. The molecule has 0 saturated carbocycles. The molecule has 1 saturated heterocycles. The average Bonchev–Trinajstić information content (AvgIpc) is 3.01. The quantitative estimate of drug-likeness (QED) is 0.715. The first kappa shape index (κ1) is 14.9. The highest BCUT2D eigenvalue weighted by molar-refractivity contribution is 9.09. The van der Waals surface area contributed by atoms with Crippen molar-refractivity contribution in [3.63, 3.8) is 0 Å². The first-order chi connectivity index (χ1) is 10.3. The molecule has 112 valence electrons. The maximum Gasteiger partial charge on any atom is 0.126 e. The fourth-order valence-electron chi connectivity index (χ4n) is 3.36. The lowest BCUT2D eigenvalue weighted by Gasteiger charge is -2.24. The van der Waals surface area contributed by atoms with E-state index in [0.29, 0.717) is 16.8 Å².